The quantitative estimate of drug-likeness (QED) is 0.777. The molecule has 6 nitrogen and oxygen atoms in total. The van der Waals surface area contributed by atoms with Crippen molar-refractivity contribution in [2.45, 2.75) is 6.54 Å². The molecule has 1 aromatic carbocycles. The first-order valence-corrected chi connectivity index (χ1v) is 7.44. The number of nitrogens with zero attached hydrogens (tertiary/aromatic N) is 2. The van der Waals surface area contributed by atoms with E-state index in [1.807, 2.05) is 6.07 Å². The van der Waals surface area contributed by atoms with E-state index in [1.54, 1.807) is 18.3 Å². The fourth-order valence-corrected chi connectivity index (χ4v) is 2.37. The number of anilines is 1. The number of benzene rings is 1. The Balaban J connectivity index is 2.09. The van der Waals surface area contributed by atoms with E-state index in [1.165, 1.54) is 18.0 Å². The lowest BCUT2D eigenvalue weighted by molar-refractivity contribution is -0.141. The van der Waals surface area contributed by atoms with Gasteiger partial charge >= 0.3 is 5.97 Å². The van der Waals surface area contributed by atoms with Gasteiger partial charge in [0, 0.05) is 15.1 Å². The Bertz CT molecular complexity index is 685. The van der Waals surface area contributed by atoms with E-state index < -0.39 is 5.97 Å². The van der Waals surface area contributed by atoms with E-state index in [9.17, 15) is 9.59 Å². The van der Waals surface area contributed by atoms with E-state index in [-0.39, 0.29) is 12.5 Å². The molecular weight excluding hydrogens is 406 g/mol. The summed E-state index contributed by atoms with van der Waals surface area (Å²) in [5.41, 5.74) is 0.987. The van der Waals surface area contributed by atoms with Crippen molar-refractivity contribution in [3.63, 3.8) is 0 Å². The van der Waals surface area contributed by atoms with Gasteiger partial charge in [0.1, 0.15) is 6.54 Å². The van der Waals surface area contributed by atoms with Gasteiger partial charge in [0.2, 0.25) is 0 Å². The molecule has 0 fully saturated rings. The van der Waals surface area contributed by atoms with Crippen LogP contribution in [-0.2, 0) is 16.1 Å². The molecule has 0 radical (unpaired) electrons. The van der Waals surface area contributed by atoms with Gasteiger partial charge in [-0.25, -0.2) is 0 Å². The summed E-state index contributed by atoms with van der Waals surface area (Å²) in [7, 11) is 1.30. The van der Waals surface area contributed by atoms with Crippen molar-refractivity contribution in [3.8, 4) is 0 Å². The number of carbonyl (C=O) groups is 2. The lowest BCUT2D eigenvalue weighted by atomic mass is 10.2. The topological polar surface area (TPSA) is 73.2 Å². The highest BCUT2D eigenvalue weighted by atomic mass is 79.9. The SMILES string of the molecule is COC(=O)Cn1cc(NC(=O)c2cc(Br)ccc2Br)cn1. The summed E-state index contributed by atoms with van der Waals surface area (Å²) in [5, 5.41) is 6.68. The van der Waals surface area contributed by atoms with E-state index in [4.69, 9.17) is 0 Å². The first-order valence-electron chi connectivity index (χ1n) is 5.85. The highest BCUT2D eigenvalue weighted by Gasteiger charge is 2.12. The Morgan fingerprint density at radius 1 is 1.38 bits per heavy atom. The summed E-state index contributed by atoms with van der Waals surface area (Å²) in [6.07, 6.45) is 3.02. The summed E-state index contributed by atoms with van der Waals surface area (Å²) in [6, 6.07) is 5.31. The average Bonchev–Trinajstić information content (AvgIpc) is 2.88. The number of amides is 1. The molecule has 0 atom stereocenters. The van der Waals surface area contributed by atoms with Gasteiger partial charge in [0.25, 0.3) is 5.91 Å². The van der Waals surface area contributed by atoms with E-state index >= 15 is 0 Å². The maximum absolute atomic E-state index is 12.2. The molecule has 1 N–H and O–H groups in total. The molecule has 0 spiro atoms. The molecule has 8 heteroatoms. The first-order chi connectivity index (χ1) is 9.99. The fraction of sp³-hybridized carbons (Fsp3) is 0.154. The minimum absolute atomic E-state index is 0.00699. The van der Waals surface area contributed by atoms with Crippen LogP contribution in [0.25, 0.3) is 0 Å². The molecule has 1 heterocycles. The average molecular weight is 417 g/mol. The summed E-state index contributed by atoms with van der Waals surface area (Å²) in [6.45, 7) is -0.00699. The Labute approximate surface area is 137 Å². The fourth-order valence-electron chi connectivity index (χ4n) is 1.58. The van der Waals surface area contributed by atoms with Crippen molar-refractivity contribution >= 4 is 49.4 Å². The molecular formula is C13H11Br2N3O3. The highest BCUT2D eigenvalue weighted by molar-refractivity contribution is 9.11. The number of esters is 1. The van der Waals surface area contributed by atoms with Crippen LogP contribution in [0.1, 0.15) is 10.4 Å². The van der Waals surface area contributed by atoms with Crippen molar-refractivity contribution in [1.29, 1.82) is 0 Å². The largest absolute Gasteiger partial charge is 0.468 e. The zero-order chi connectivity index (χ0) is 15.4. The van der Waals surface area contributed by atoms with Gasteiger partial charge in [-0.3, -0.25) is 14.3 Å². The van der Waals surface area contributed by atoms with Crippen LogP contribution < -0.4 is 5.32 Å². The number of nitrogens with one attached hydrogen (secondary N) is 1. The third-order valence-electron chi connectivity index (χ3n) is 2.58. The second-order valence-corrected chi connectivity index (χ2v) is 5.85. The monoisotopic (exact) mass is 415 g/mol. The van der Waals surface area contributed by atoms with E-state index in [2.05, 4.69) is 47.0 Å². The van der Waals surface area contributed by atoms with Crippen molar-refractivity contribution in [1.82, 2.24) is 9.78 Å². The minimum atomic E-state index is -0.411. The normalized spacial score (nSPS) is 10.2. The summed E-state index contributed by atoms with van der Waals surface area (Å²) >= 11 is 6.65. The molecule has 110 valence electrons. The predicted octanol–water partition coefficient (Wildman–Crippen LogP) is 2.83. The van der Waals surface area contributed by atoms with Gasteiger partial charge in [0.05, 0.1) is 24.6 Å². The zero-order valence-electron chi connectivity index (χ0n) is 11.0. The van der Waals surface area contributed by atoms with Crippen LogP contribution >= 0.6 is 31.9 Å². The number of halogens is 2. The number of hydrogen-bond donors (Lipinski definition) is 1. The van der Waals surface area contributed by atoms with Crippen LogP contribution in [-0.4, -0.2) is 28.8 Å². The van der Waals surface area contributed by atoms with Gasteiger partial charge in [-0.1, -0.05) is 15.9 Å². The molecule has 21 heavy (non-hydrogen) atoms. The van der Waals surface area contributed by atoms with E-state index in [0.29, 0.717) is 15.7 Å². The highest BCUT2D eigenvalue weighted by Crippen LogP contribution is 2.22. The van der Waals surface area contributed by atoms with Gasteiger partial charge in [-0.15, -0.1) is 0 Å². The van der Waals surface area contributed by atoms with Crippen LogP contribution in [0, 0.1) is 0 Å². The lowest BCUT2D eigenvalue weighted by Crippen LogP contribution is -2.13. The van der Waals surface area contributed by atoms with Gasteiger partial charge in [-0.2, -0.15) is 5.10 Å². The second-order valence-electron chi connectivity index (χ2n) is 4.08. The molecule has 0 unspecified atom stereocenters. The standard InChI is InChI=1S/C13H11Br2N3O3/c1-21-12(19)7-18-6-9(5-16-18)17-13(20)10-4-8(14)2-3-11(10)15/h2-6H,7H2,1H3,(H,17,20). The molecule has 1 aromatic heterocycles. The maximum atomic E-state index is 12.2. The lowest BCUT2D eigenvalue weighted by Gasteiger charge is -2.05. The Hall–Kier alpha value is -1.67. The number of aromatic nitrogens is 2. The van der Waals surface area contributed by atoms with Crippen LogP contribution in [0.3, 0.4) is 0 Å². The Kier molecular flexibility index (Phi) is 5.13. The number of ether oxygens (including phenoxy) is 1. The van der Waals surface area contributed by atoms with E-state index in [0.717, 1.165) is 4.47 Å². The molecule has 1 amide bonds. The molecule has 0 bridgehead atoms. The zero-order valence-corrected chi connectivity index (χ0v) is 14.1. The second kappa shape index (κ2) is 6.86. The number of hydrogen-bond acceptors (Lipinski definition) is 4. The summed E-state index contributed by atoms with van der Waals surface area (Å²) in [5.74, 6) is -0.688. The molecule has 2 rings (SSSR count). The summed E-state index contributed by atoms with van der Waals surface area (Å²) < 4.78 is 7.42. The third kappa shape index (κ3) is 4.15. The van der Waals surface area contributed by atoms with Crippen LogP contribution in [0.2, 0.25) is 0 Å². The van der Waals surface area contributed by atoms with Crippen molar-refractivity contribution < 1.29 is 14.3 Å². The summed E-state index contributed by atoms with van der Waals surface area (Å²) in [4.78, 5) is 23.3. The van der Waals surface area contributed by atoms with Crippen molar-refractivity contribution in [2.24, 2.45) is 0 Å². The van der Waals surface area contributed by atoms with Crippen LogP contribution in [0.15, 0.2) is 39.5 Å². The van der Waals surface area contributed by atoms with Crippen LogP contribution in [0.4, 0.5) is 5.69 Å². The van der Waals surface area contributed by atoms with Crippen molar-refractivity contribution in [2.75, 3.05) is 12.4 Å². The van der Waals surface area contributed by atoms with Crippen LogP contribution in [0.5, 0.6) is 0 Å². The molecule has 0 aliphatic rings. The maximum Gasteiger partial charge on any atom is 0.327 e. The number of methoxy groups -OCH3 is 1. The molecule has 2 aromatic rings. The molecule has 0 aliphatic heterocycles. The minimum Gasteiger partial charge on any atom is -0.468 e. The van der Waals surface area contributed by atoms with Gasteiger partial charge in [0.15, 0.2) is 0 Å². The molecule has 0 saturated carbocycles. The molecule has 0 saturated heterocycles. The smallest absolute Gasteiger partial charge is 0.327 e. The van der Waals surface area contributed by atoms with Gasteiger partial charge in [-0.05, 0) is 34.1 Å². The number of rotatable bonds is 4. The Morgan fingerprint density at radius 3 is 2.86 bits per heavy atom. The van der Waals surface area contributed by atoms with Gasteiger partial charge < -0.3 is 10.1 Å². The third-order valence-corrected chi connectivity index (χ3v) is 3.77. The van der Waals surface area contributed by atoms with Crippen molar-refractivity contribution in [3.05, 3.63) is 45.1 Å². The first kappa shape index (κ1) is 15.7. The predicted molar refractivity (Wildman–Crippen MR) is 84.0 cm³/mol. The number of carbonyl (C=O) groups excluding carboxylic acids is 2. The molecule has 0 aliphatic carbocycles. The Morgan fingerprint density at radius 2 is 2.14 bits per heavy atom.